The highest BCUT2D eigenvalue weighted by Gasteiger charge is 2.15. The highest BCUT2D eigenvalue weighted by atomic mass is 35.5. The maximum absolute atomic E-state index is 13.3. The molecule has 2 heterocycles. The minimum absolute atomic E-state index is 0.242. The van der Waals surface area contributed by atoms with Crippen molar-refractivity contribution in [2.75, 3.05) is 36.2 Å². The Morgan fingerprint density at radius 1 is 0.909 bits per heavy atom. The van der Waals surface area contributed by atoms with Crippen LogP contribution in [0.5, 0.6) is 0 Å². The standard InChI is InChI=1S/C25H25ClFN5S/c1-30(22-11-13-28-14-12-22)15-16-33-25-29-17-24(32(25)23-7-3-19(26)4-8-23)18-31(2)21-9-5-20(27)6-10-21/h3-14,17H,15-16,18H2,1-2H3. The number of benzene rings is 2. The predicted octanol–water partition coefficient (Wildman–Crippen LogP) is 5.92. The van der Waals surface area contributed by atoms with Crippen molar-refractivity contribution < 1.29 is 4.39 Å². The van der Waals surface area contributed by atoms with Gasteiger partial charge in [-0.1, -0.05) is 23.4 Å². The van der Waals surface area contributed by atoms with E-state index in [1.807, 2.05) is 49.6 Å². The van der Waals surface area contributed by atoms with Gasteiger partial charge in [-0.05, 0) is 60.7 Å². The van der Waals surface area contributed by atoms with Gasteiger partial charge in [0.05, 0.1) is 18.4 Å². The molecule has 0 spiro atoms. The lowest BCUT2D eigenvalue weighted by Gasteiger charge is -2.21. The molecule has 0 saturated carbocycles. The number of hydrogen-bond donors (Lipinski definition) is 0. The Labute approximate surface area is 202 Å². The SMILES string of the molecule is CN(CCSc1ncc(CN(C)c2ccc(F)cc2)n1-c1ccc(Cl)cc1)c1ccncc1. The second kappa shape index (κ2) is 10.7. The van der Waals surface area contributed by atoms with Gasteiger partial charge in [0.15, 0.2) is 5.16 Å². The number of imidazole rings is 1. The Morgan fingerprint density at radius 3 is 2.27 bits per heavy atom. The van der Waals surface area contributed by atoms with Crippen LogP contribution in [0.2, 0.25) is 5.02 Å². The van der Waals surface area contributed by atoms with Crippen molar-refractivity contribution in [2.24, 2.45) is 0 Å². The first-order valence-corrected chi connectivity index (χ1v) is 11.9. The monoisotopic (exact) mass is 481 g/mol. The van der Waals surface area contributed by atoms with Crippen LogP contribution in [0.3, 0.4) is 0 Å². The first-order valence-electron chi connectivity index (χ1n) is 10.5. The summed E-state index contributed by atoms with van der Waals surface area (Å²) in [6, 6.07) is 18.3. The largest absolute Gasteiger partial charge is 0.374 e. The summed E-state index contributed by atoms with van der Waals surface area (Å²) >= 11 is 7.84. The van der Waals surface area contributed by atoms with Crippen LogP contribution in [0, 0.1) is 5.82 Å². The molecule has 4 rings (SSSR count). The van der Waals surface area contributed by atoms with Gasteiger partial charge in [-0.3, -0.25) is 9.55 Å². The molecule has 0 aliphatic rings. The summed E-state index contributed by atoms with van der Waals surface area (Å²) in [7, 11) is 4.06. The topological polar surface area (TPSA) is 37.2 Å². The van der Waals surface area contributed by atoms with Gasteiger partial charge in [-0.25, -0.2) is 9.37 Å². The molecule has 0 amide bonds. The van der Waals surface area contributed by atoms with Gasteiger partial charge in [0.25, 0.3) is 0 Å². The first-order chi connectivity index (χ1) is 16.0. The maximum atomic E-state index is 13.3. The van der Waals surface area contributed by atoms with Crippen molar-refractivity contribution in [2.45, 2.75) is 11.7 Å². The van der Waals surface area contributed by atoms with E-state index in [0.717, 1.165) is 40.2 Å². The van der Waals surface area contributed by atoms with Gasteiger partial charge in [-0.15, -0.1) is 0 Å². The van der Waals surface area contributed by atoms with Gasteiger partial charge in [-0.2, -0.15) is 0 Å². The quantitative estimate of drug-likeness (QED) is 0.277. The fourth-order valence-corrected chi connectivity index (χ4v) is 4.63. The molecule has 5 nitrogen and oxygen atoms in total. The molecular weight excluding hydrogens is 457 g/mol. The third-order valence-corrected chi connectivity index (χ3v) is 6.50. The number of thioether (sulfide) groups is 1. The van der Waals surface area contributed by atoms with Crippen molar-refractivity contribution in [1.82, 2.24) is 14.5 Å². The zero-order valence-electron chi connectivity index (χ0n) is 18.5. The molecular formula is C25H25ClFN5S. The van der Waals surface area contributed by atoms with E-state index in [0.29, 0.717) is 11.6 Å². The number of halogens is 2. The van der Waals surface area contributed by atoms with Gasteiger partial charge < -0.3 is 9.80 Å². The number of pyridine rings is 1. The van der Waals surface area contributed by atoms with E-state index in [9.17, 15) is 4.39 Å². The number of anilines is 2. The fourth-order valence-electron chi connectivity index (χ4n) is 3.48. The van der Waals surface area contributed by atoms with Gasteiger partial charge in [0.1, 0.15) is 5.82 Å². The number of nitrogens with zero attached hydrogens (tertiary/aromatic N) is 5. The molecule has 0 atom stereocenters. The first kappa shape index (κ1) is 23.1. The molecule has 0 aliphatic carbocycles. The van der Waals surface area contributed by atoms with Crippen LogP contribution in [0.15, 0.2) is 84.4 Å². The number of hydrogen-bond acceptors (Lipinski definition) is 5. The van der Waals surface area contributed by atoms with Crippen LogP contribution in [-0.4, -0.2) is 40.9 Å². The highest BCUT2D eigenvalue weighted by molar-refractivity contribution is 7.99. The maximum Gasteiger partial charge on any atom is 0.172 e. The Balaban J connectivity index is 1.53. The van der Waals surface area contributed by atoms with Crippen molar-refractivity contribution in [3.8, 4) is 5.69 Å². The molecule has 8 heteroatoms. The summed E-state index contributed by atoms with van der Waals surface area (Å²) in [6.07, 6.45) is 5.51. The molecule has 0 fully saturated rings. The van der Waals surface area contributed by atoms with E-state index in [4.69, 9.17) is 16.6 Å². The molecule has 0 radical (unpaired) electrons. The van der Waals surface area contributed by atoms with Crippen LogP contribution < -0.4 is 9.80 Å². The minimum atomic E-state index is -0.242. The van der Waals surface area contributed by atoms with Crippen LogP contribution >= 0.6 is 23.4 Å². The van der Waals surface area contributed by atoms with Crippen molar-refractivity contribution in [3.63, 3.8) is 0 Å². The smallest absolute Gasteiger partial charge is 0.172 e. The highest BCUT2D eigenvalue weighted by Crippen LogP contribution is 2.27. The van der Waals surface area contributed by atoms with Gasteiger partial charge in [0, 0.05) is 60.9 Å². The van der Waals surface area contributed by atoms with Gasteiger partial charge in [0.2, 0.25) is 0 Å². The van der Waals surface area contributed by atoms with E-state index >= 15 is 0 Å². The van der Waals surface area contributed by atoms with E-state index in [1.54, 1.807) is 36.3 Å². The van der Waals surface area contributed by atoms with Gasteiger partial charge >= 0.3 is 0 Å². The third-order valence-electron chi connectivity index (χ3n) is 5.32. The second-order valence-electron chi connectivity index (χ2n) is 7.65. The molecule has 170 valence electrons. The van der Waals surface area contributed by atoms with E-state index in [2.05, 4.69) is 26.4 Å². The normalized spacial score (nSPS) is 10.9. The van der Waals surface area contributed by atoms with Crippen molar-refractivity contribution in [3.05, 3.63) is 95.8 Å². The minimum Gasteiger partial charge on any atom is -0.374 e. The van der Waals surface area contributed by atoms with Crippen molar-refractivity contribution >= 4 is 34.7 Å². The van der Waals surface area contributed by atoms with Crippen LogP contribution in [-0.2, 0) is 6.54 Å². The van der Waals surface area contributed by atoms with Crippen LogP contribution in [0.25, 0.3) is 5.69 Å². The fraction of sp³-hybridized carbons (Fsp3) is 0.200. The summed E-state index contributed by atoms with van der Waals surface area (Å²) in [5, 5.41) is 1.61. The number of rotatable bonds is 9. The second-order valence-corrected chi connectivity index (χ2v) is 9.15. The summed E-state index contributed by atoms with van der Waals surface area (Å²) < 4.78 is 15.5. The van der Waals surface area contributed by atoms with Crippen LogP contribution in [0.1, 0.15) is 5.69 Å². The molecule has 0 saturated heterocycles. The third kappa shape index (κ3) is 5.86. The Hall–Kier alpha value is -3.03. The Kier molecular flexibility index (Phi) is 7.52. The lowest BCUT2D eigenvalue weighted by molar-refractivity contribution is 0.627. The zero-order valence-corrected chi connectivity index (χ0v) is 20.1. The summed E-state index contributed by atoms with van der Waals surface area (Å²) in [5.41, 5.74) is 4.11. The Morgan fingerprint density at radius 2 is 1.58 bits per heavy atom. The molecule has 0 bridgehead atoms. The van der Waals surface area contributed by atoms with Crippen molar-refractivity contribution in [1.29, 1.82) is 0 Å². The summed E-state index contributed by atoms with van der Waals surface area (Å²) in [5.74, 6) is 0.630. The lowest BCUT2D eigenvalue weighted by Crippen LogP contribution is -2.20. The molecule has 0 aliphatic heterocycles. The molecule has 33 heavy (non-hydrogen) atoms. The molecule has 4 aromatic rings. The Bertz CT molecular complexity index is 1170. The summed E-state index contributed by atoms with van der Waals surface area (Å²) in [4.78, 5) is 13.1. The lowest BCUT2D eigenvalue weighted by atomic mass is 10.2. The number of aromatic nitrogens is 3. The van der Waals surface area contributed by atoms with E-state index in [-0.39, 0.29) is 5.82 Å². The molecule has 2 aromatic carbocycles. The predicted molar refractivity (Wildman–Crippen MR) is 135 cm³/mol. The molecule has 0 unspecified atom stereocenters. The zero-order chi connectivity index (χ0) is 23.2. The molecule has 2 aromatic heterocycles. The summed E-state index contributed by atoms with van der Waals surface area (Å²) in [6.45, 7) is 1.49. The molecule has 0 N–H and O–H groups in total. The average Bonchev–Trinajstić information content (AvgIpc) is 3.22. The van der Waals surface area contributed by atoms with E-state index < -0.39 is 0 Å². The van der Waals surface area contributed by atoms with Crippen LogP contribution in [0.4, 0.5) is 15.8 Å². The van der Waals surface area contributed by atoms with E-state index in [1.165, 1.54) is 12.1 Å². The average molecular weight is 482 g/mol.